The quantitative estimate of drug-likeness (QED) is 0.684. The number of hydrogen-bond acceptors (Lipinski definition) is 6. The van der Waals surface area contributed by atoms with E-state index in [0.717, 1.165) is 29.5 Å². The summed E-state index contributed by atoms with van der Waals surface area (Å²) in [4.78, 5) is 14.1. The van der Waals surface area contributed by atoms with Gasteiger partial charge >= 0.3 is 13.2 Å². The van der Waals surface area contributed by atoms with E-state index in [1.165, 1.54) is 0 Å². The Kier molecular flexibility index (Phi) is 5.33. The van der Waals surface area contributed by atoms with Crippen molar-refractivity contribution >= 4 is 24.2 Å². The Hall–Kier alpha value is -2.13. The average molecular weight is 428 g/mol. The van der Waals surface area contributed by atoms with Gasteiger partial charge in [-0.05, 0) is 73.4 Å². The van der Waals surface area contributed by atoms with Crippen LogP contribution in [-0.4, -0.2) is 62.8 Å². The maximum absolute atomic E-state index is 12.3. The summed E-state index contributed by atoms with van der Waals surface area (Å²) >= 11 is 0. The molecule has 0 radical (unpaired) electrons. The number of nitrogens with zero attached hydrogens (tertiary/aromatic N) is 4. The Morgan fingerprint density at radius 1 is 1.13 bits per heavy atom. The average Bonchev–Trinajstić information content (AvgIpc) is 3.17. The van der Waals surface area contributed by atoms with Crippen molar-refractivity contribution in [3.63, 3.8) is 0 Å². The van der Waals surface area contributed by atoms with Crippen molar-refractivity contribution in [2.24, 2.45) is 0 Å². The minimum Gasteiger partial charge on any atom is -0.444 e. The Bertz CT molecular complexity index is 958. The second kappa shape index (κ2) is 7.48. The van der Waals surface area contributed by atoms with Crippen molar-refractivity contribution in [1.29, 1.82) is 0 Å². The van der Waals surface area contributed by atoms with Gasteiger partial charge in [-0.2, -0.15) is 14.8 Å². The summed E-state index contributed by atoms with van der Waals surface area (Å²) in [5, 5.41) is 9.21. The summed E-state index contributed by atoms with van der Waals surface area (Å²) in [6.07, 6.45) is 3.24. The molecule has 0 saturated carbocycles. The number of fused-ring (bicyclic) bond motifs is 1. The predicted octanol–water partition coefficient (Wildman–Crippen LogP) is 3.14. The third-order valence-electron chi connectivity index (χ3n) is 6.51. The highest BCUT2D eigenvalue weighted by atomic mass is 16.7. The molecule has 4 rings (SSSR count). The maximum atomic E-state index is 12.3. The molecule has 4 heterocycles. The van der Waals surface area contributed by atoms with E-state index in [1.54, 1.807) is 15.7 Å². The number of aromatic nitrogens is 3. The first-order valence-corrected chi connectivity index (χ1v) is 11.0. The van der Waals surface area contributed by atoms with Crippen LogP contribution in [0.1, 0.15) is 72.9 Å². The summed E-state index contributed by atoms with van der Waals surface area (Å²) in [7, 11) is -0.466. The zero-order valence-corrected chi connectivity index (χ0v) is 19.6. The van der Waals surface area contributed by atoms with Crippen molar-refractivity contribution in [3.8, 4) is 0 Å². The lowest BCUT2D eigenvalue weighted by molar-refractivity contribution is 0.00578. The van der Waals surface area contributed by atoms with Crippen molar-refractivity contribution < 1.29 is 18.8 Å². The minimum atomic E-state index is -0.477. The maximum Gasteiger partial charge on any atom is 0.498 e. The molecule has 2 aliphatic rings. The molecule has 2 saturated heterocycles. The van der Waals surface area contributed by atoms with Crippen molar-refractivity contribution in [1.82, 2.24) is 19.7 Å². The van der Waals surface area contributed by atoms with Gasteiger partial charge in [0, 0.05) is 24.5 Å². The standard InChI is InChI=1S/C22H33BN4O4/c1-20(2,3)29-19(28)26-12-10-15(11-13-26)17-8-9-18-16(14-24-27(18)25-17)23-30-21(4,5)22(6,7)31-23/h8-9,14-15H,10-13H2,1-7H3. The number of amides is 1. The second-order valence-electron chi connectivity index (χ2n) is 10.6. The van der Waals surface area contributed by atoms with E-state index < -0.39 is 23.9 Å². The minimum absolute atomic E-state index is 0.242. The summed E-state index contributed by atoms with van der Waals surface area (Å²) in [5.74, 6) is 0.285. The Morgan fingerprint density at radius 3 is 2.32 bits per heavy atom. The molecule has 0 atom stereocenters. The van der Waals surface area contributed by atoms with Gasteiger partial charge in [0.1, 0.15) is 5.60 Å². The van der Waals surface area contributed by atoms with Gasteiger partial charge in [0.15, 0.2) is 0 Å². The fourth-order valence-corrected chi connectivity index (χ4v) is 3.96. The van der Waals surface area contributed by atoms with Crippen LogP contribution in [-0.2, 0) is 14.0 Å². The Labute approximate surface area is 184 Å². The van der Waals surface area contributed by atoms with Crippen LogP contribution in [0.5, 0.6) is 0 Å². The molecule has 0 unspecified atom stereocenters. The highest BCUT2D eigenvalue weighted by Crippen LogP contribution is 2.36. The van der Waals surface area contributed by atoms with Crippen LogP contribution in [0.25, 0.3) is 5.52 Å². The summed E-state index contributed by atoms with van der Waals surface area (Å²) < 4.78 is 19.5. The van der Waals surface area contributed by atoms with Crippen LogP contribution in [0.2, 0.25) is 0 Å². The van der Waals surface area contributed by atoms with Crippen LogP contribution < -0.4 is 5.46 Å². The van der Waals surface area contributed by atoms with Gasteiger partial charge in [-0.1, -0.05) is 0 Å². The smallest absolute Gasteiger partial charge is 0.444 e. The molecule has 0 aliphatic carbocycles. The fraction of sp³-hybridized carbons (Fsp3) is 0.682. The monoisotopic (exact) mass is 428 g/mol. The van der Waals surface area contributed by atoms with Gasteiger partial charge in [0.25, 0.3) is 0 Å². The third kappa shape index (κ3) is 4.30. The van der Waals surface area contributed by atoms with E-state index in [9.17, 15) is 4.79 Å². The number of ether oxygens (including phenoxy) is 1. The predicted molar refractivity (Wildman–Crippen MR) is 118 cm³/mol. The number of rotatable bonds is 2. The first kappa shape index (κ1) is 22.1. The molecule has 2 aromatic heterocycles. The van der Waals surface area contributed by atoms with E-state index >= 15 is 0 Å². The van der Waals surface area contributed by atoms with E-state index in [2.05, 4.69) is 11.2 Å². The van der Waals surface area contributed by atoms with E-state index in [-0.39, 0.29) is 12.0 Å². The Morgan fingerprint density at radius 2 is 1.74 bits per heavy atom. The molecule has 0 aromatic carbocycles. The largest absolute Gasteiger partial charge is 0.498 e. The van der Waals surface area contributed by atoms with Gasteiger partial charge in [-0.15, -0.1) is 0 Å². The molecule has 2 aromatic rings. The van der Waals surface area contributed by atoms with Crippen LogP contribution in [0.4, 0.5) is 4.79 Å². The molecular formula is C22H33BN4O4. The van der Waals surface area contributed by atoms with Gasteiger partial charge in [-0.3, -0.25) is 0 Å². The number of piperidine rings is 1. The van der Waals surface area contributed by atoms with Crippen LogP contribution in [0.3, 0.4) is 0 Å². The lowest BCUT2D eigenvalue weighted by Crippen LogP contribution is -2.41. The first-order valence-electron chi connectivity index (χ1n) is 11.0. The molecule has 9 heteroatoms. The first-order chi connectivity index (χ1) is 14.4. The van der Waals surface area contributed by atoms with Gasteiger partial charge in [0.2, 0.25) is 0 Å². The molecule has 2 aliphatic heterocycles. The summed E-state index contributed by atoms with van der Waals surface area (Å²) in [6.45, 7) is 15.2. The second-order valence-corrected chi connectivity index (χ2v) is 10.6. The molecule has 0 N–H and O–H groups in total. The highest BCUT2D eigenvalue weighted by molar-refractivity contribution is 6.64. The lowest BCUT2D eigenvalue weighted by Gasteiger charge is -2.33. The molecule has 0 bridgehead atoms. The normalized spacial score (nSPS) is 21.6. The van der Waals surface area contributed by atoms with E-state index in [4.69, 9.17) is 19.1 Å². The summed E-state index contributed by atoms with van der Waals surface area (Å²) in [6, 6.07) is 4.09. The number of carbonyl (C=O) groups is 1. The van der Waals surface area contributed by atoms with Gasteiger partial charge in [-0.25, -0.2) is 4.79 Å². The number of carbonyl (C=O) groups excluding carboxylic acids is 1. The van der Waals surface area contributed by atoms with Crippen molar-refractivity contribution in [3.05, 3.63) is 24.0 Å². The van der Waals surface area contributed by atoms with Gasteiger partial charge < -0.3 is 18.9 Å². The highest BCUT2D eigenvalue weighted by Gasteiger charge is 2.52. The van der Waals surface area contributed by atoms with Gasteiger partial charge in [0.05, 0.1) is 28.6 Å². The Balaban J connectivity index is 1.45. The molecule has 31 heavy (non-hydrogen) atoms. The number of likely N-dealkylation sites (tertiary alicyclic amines) is 1. The van der Waals surface area contributed by atoms with E-state index in [1.807, 2.05) is 54.5 Å². The lowest BCUT2D eigenvalue weighted by atomic mass is 9.80. The molecule has 1 amide bonds. The number of hydrogen-bond donors (Lipinski definition) is 0. The van der Waals surface area contributed by atoms with Crippen LogP contribution in [0, 0.1) is 0 Å². The fourth-order valence-electron chi connectivity index (χ4n) is 3.96. The van der Waals surface area contributed by atoms with Crippen molar-refractivity contribution in [2.75, 3.05) is 13.1 Å². The summed E-state index contributed by atoms with van der Waals surface area (Å²) in [5.41, 5.74) is 1.48. The molecule has 8 nitrogen and oxygen atoms in total. The molecule has 2 fully saturated rings. The van der Waals surface area contributed by atoms with Crippen LogP contribution >= 0.6 is 0 Å². The zero-order chi connectivity index (χ0) is 22.6. The van der Waals surface area contributed by atoms with E-state index in [0.29, 0.717) is 13.1 Å². The third-order valence-corrected chi connectivity index (χ3v) is 6.51. The van der Waals surface area contributed by atoms with Crippen molar-refractivity contribution in [2.45, 2.75) is 84.0 Å². The topological polar surface area (TPSA) is 78.2 Å². The SMILES string of the molecule is CC(C)(C)OC(=O)N1CCC(c2ccc3c(B4OC(C)(C)C(C)(C)O4)cnn3n2)CC1. The van der Waals surface area contributed by atoms with Crippen LogP contribution in [0.15, 0.2) is 18.3 Å². The molecule has 0 spiro atoms. The molecular weight excluding hydrogens is 395 g/mol. The zero-order valence-electron chi connectivity index (χ0n) is 19.6. The molecule has 168 valence electrons.